The number of hydrogen-bond donors (Lipinski definition) is 2. The van der Waals surface area contributed by atoms with Crippen molar-refractivity contribution >= 4 is 96.7 Å². The fourth-order valence-corrected chi connectivity index (χ4v) is 36.1. The molecule has 0 aliphatic heterocycles. The molecule has 8 aromatic carbocycles. The number of benzene rings is 8. The predicted octanol–water partition coefficient (Wildman–Crippen LogP) is 27.9. The maximum atomic E-state index is 14.0. The van der Waals surface area contributed by atoms with Gasteiger partial charge in [-0.15, -0.1) is 0 Å². The molecule has 0 spiro atoms. The Balaban J connectivity index is 1.02. The number of hydrogen-bond acceptors (Lipinski definition) is 4. The molecular formula is C103H146N2O4Si4. The van der Waals surface area contributed by atoms with Crippen molar-refractivity contribution in [3.8, 4) is 56.6 Å². The highest BCUT2D eigenvalue weighted by molar-refractivity contribution is 6.94. The van der Waals surface area contributed by atoms with Gasteiger partial charge in [0.25, 0.3) is 0 Å². The van der Waals surface area contributed by atoms with Crippen molar-refractivity contribution in [3.63, 3.8) is 0 Å². The number of rotatable bonds is 26. The molecule has 2 heterocycles. The Labute approximate surface area is 688 Å². The van der Waals surface area contributed by atoms with Crippen LogP contribution in [0.5, 0.6) is 23.0 Å². The minimum absolute atomic E-state index is 0.0261. The van der Waals surface area contributed by atoms with Gasteiger partial charge in [0.15, 0.2) is 0 Å². The summed E-state index contributed by atoms with van der Waals surface area (Å²) in [6.45, 7) is 78.7. The van der Waals surface area contributed by atoms with E-state index < -0.39 is 32.3 Å². The second-order valence-electron chi connectivity index (χ2n) is 42.8. The summed E-state index contributed by atoms with van der Waals surface area (Å²) in [5.41, 5.74) is 23.8. The Bertz CT molecular complexity index is 4740. The molecule has 0 unspecified atom stereocenters. The Kier molecular flexibility index (Phi) is 23.6. The Morgan fingerprint density at radius 3 is 0.850 bits per heavy atom. The van der Waals surface area contributed by atoms with Gasteiger partial charge in [0.05, 0.1) is 79.0 Å². The third-order valence-corrected chi connectivity index (χ3v) is 55.7. The zero-order chi connectivity index (χ0) is 83.0. The first-order valence-corrected chi connectivity index (χ1v) is 54.7. The topological polar surface area (TPSA) is 68.8 Å². The van der Waals surface area contributed by atoms with E-state index in [2.05, 4.69) is 338 Å². The second kappa shape index (κ2) is 31.0. The maximum Gasteiger partial charge on any atom is 0.147 e. The molecule has 0 atom stereocenters. The van der Waals surface area contributed by atoms with Crippen LogP contribution in [0.4, 0.5) is 0 Å². The lowest BCUT2D eigenvalue weighted by Crippen LogP contribution is -2.50. The Morgan fingerprint density at radius 2 is 0.602 bits per heavy atom. The molecule has 0 saturated carbocycles. The summed E-state index contributed by atoms with van der Waals surface area (Å²) >= 11 is 0. The summed E-state index contributed by atoms with van der Waals surface area (Å²) in [6, 6.07) is 43.9. The number of nitrogens with zero attached hydrogens (tertiary/aromatic N) is 2. The summed E-state index contributed by atoms with van der Waals surface area (Å²) < 4.78 is 20.0. The minimum atomic E-state index is -2.04. The monoisotopic (exact) mass is 1590 g/mol. The van der Waals surface area contributed by atoms with Gasteiger partial charge < -0.3 is 28.8 Å². The molecule has 2 aliphatic rings. The zero-order valence-corrected chi connectivity index (χ0v) is 80.4. The third-order valence-electron chi connectivity index (χ3n) is 30.3. The lowest BCUT2D eigenvalue weighted by atomic mass is 9.71. The highest BCUT2D eigenvalue weighted by Crippen LogP contribution is 2.54. The molecule has 0 fully saturated rings. The van der Waals surface area contributed by atoms with Gasteiger partial charge in [0.2, 0.25) is 0 Å². The second-order valence-corrected chi connectivity index (χ2v) is 64.6. The minimum Gasteiger partial charge on any atom is -0.505 e. The molecule has 2 aliphatic carbocycles. The van der Waals surface area contributed by atoms with Crippen molar-refractivity contribution in [2.45, 2.75) is 333 Å². The molecule has 6 nitrogen and oxygen atoms in total. The molecule has 0 amide bonds. The van der Waals surface area contributed by atoms with Gasteiger partial charge >= 0.3 is 0 Å². The number of phenols is 2. The molecule has 113 heavy (non-hydrogen) atoms. The summed E-state index contributed by atoms with van der Waals surface area (Å²) in [5.74, 6) is 2.36. The van der Waals surface area contributed by atoms with Crippen molar-refractivity contribution in [2.24, 2.45) is 10.8 Å². The number of aromatic nitrogens is 2. The fourth-order valence-electron chi connectivity index (χ4n) is 21.9. The highest BCUT2D eigenvalue weighted by Gasteiger charge is 2.43. The molecule has 608 valence electrons. The van der Waals surface area contributed by atoms with Gasteiger partial charge in [-0.3, -0.25) is 0 Å². The van der Waals surface area contributed by atoms with Gasteiger partial charge in [-0.1, -0.05) is 275 Å². The van der Waals surface area contributed by atoms with Crippen LogP contribution in [0.15, 0.2) is 109 Å². The predicted molar refractivity (Wildman–Crippen MR) is 505 cm³/mol. The normalized spacial score (nSPS) is 14.5. The Hall–Kier alpha value is -6.57. The van der Waals surface area contributed by atoms with Gasteiger partial charge in [-0.25, -0.2) is 0 Å². The summed E-state index contributed by atoms with van der Waals surface area (Å²) in [4.78, 5) is 0. The van der Waals surface area contributed by atoms with E-state index in [0.29, 0.717) is 64.0 Å². The SMILES string of the molecule is Cc1cc(-c2cc(C(C)(C)CC(C)(C)C)cc(-n3c4cc([Si](C)(C(C)C)C(C)C)ccc4c4ccc([Si](C)(C(C)C)C(C)C)cc43)c2O)c(OCCCOc2c(-c3cc(C(C)(C)CC(C)(C)C)cc(-n4c5cc([Si](C)(C(C)C)C(C)C)ccc5c5ccc([Si](C)(C(C)C)C(C)C)cc54)c3O)cc(C)c3c2CCC3)c2c1CCC2. The first-order chi connectivity index (χ1) is 52.5. The quantitative estimate of drug-likeness (QED) is 0.0419. The molecule has 12 rings (SSSR count). The van der Waals surface area contributed by atoms with Crippen molar-refractivity contribution in [2.75, 3.05) is 13.2 Å². The van der Waals surface area contributed by atoms with E-state index in [1.165, 1.54) is 86.8 Å². The number of fused-ring (bicyclic) bond motifs is 8. The van der Waals surface area contributed by atoms with Crippen molar-refractivity contribution in [1.82, 2.24) is 9.13 Å². The van der Waals surface area contributed by atoms with E-state index in [1.807, 2.05) is 0 Å². The first kappa shape index (κ1) is 85.8. The van der Waals surface area contributed by atoms with Crippen molar-refractivity contribution < 1.29 is 19.7 Å². The number of phenolic OH excluding ortho intramolecular Hbond substituents is 2. The highest BCUT2D eigenvalue weighted by atomic mass is 28.3. The fraction of sp³-hybridized carbons (Fsp3) is 0.534. The third kappa shape index (κ3) is 15.1. The molecule has 0 radical (unpaired) electrons. The molecule has 10 heteroatoms. The van der Waals surface area contributed by atoms with Crippen LogP contribution >= 0.6 is 0 Å². The largest absolute Gasteiger partial charge is 0.505 e. The zero-order valence-electron chi connectivity index (χ0n) is 76.4. The van der Waals surface area contributed by atoms with E-state index in [-0.39, 0.29) is 33.2 Å². The average molecular weight is 1590 g/mol. The molecular weight excluding hydrogens is 1440 g/mol. The number of ether oxygens (including phenoxy) is 2. The first-order valence-electron chi connectivity index (χ1n) is 44.1. The maximum absolute atomic E-state index is 14.0. The Morgan fingerprint density at radius 1 is 0.345 bits per heavy atom. The van der Waals surface area contributed by atoms with Gasteiger partial charge in [-0.2, -0.15) is 0 Å². The number of aryl methyl sites for hydroxylation is 2. The summed E-state index contributed by atoms with van der Waals surface area (Å²) in [7, 11) is -8.18. The van der Waals surface area contributed by atoms with Crippen LogP contribution in [0.2, 0.25) is 70.5 Å². The standard InChI is InChI=1S/C103H146N2O4Si4/c1-62(2)110(29,63(3)4)74-40-44-80-81-45-41-75(111(30,64(5)6)65(7)8)57-91(81)104(90(80)56-74)94-54-72(102(25,26)60-100(19,20)21)52-86(96(94)106)88-50-70(17)78-36-33-38-84(78)98(88)108-48-35-49-109-99-85-39-34-37-79(85)71(18)51-89(99)87-53-73(103(27,28)61-101(22,23)24)55-95(97(87)107)105-92-58-76(112(31,66(9)10)67(11)12)42-46-82(92)83-47-43-77(59-93(83)105)113(32,68(13)14)69(15)16/h40-47,50-59,62-69,106-107H,33-39,48-49,60-61H2,1-32H3. The average Bonchev–Trinajstić information content (AvgIpc) is 1.59. The van der Waals surface area contributed by atoms with E-state index in [4.69, 9.17) is 9.47 Å². The molecule has 10 aromatic rings. The van der Waals surface area contributed by atoms with E-state index in [9.17, 15) is 10.2 Å². The van der Waals surface area contributed by atoms with Crippen LogP contribution in [-0.2, 0) is 36.5 Å². The molecule has 0 bridgehead atoms. The summed E-state index contributed by atoms with van der Waals surface area (Å²) in [6.07, 6.45) is 8.48. The molecule has 0 saturated heterocycles. The van der Waals surface area contributed by atoms with Crippen molar-refractivity contribution in [1.29, 1.82) is 0 Å². The van der Waals surface area contributed by atoms with Gasteiger partial charge in [-0.05, 0) is 236 Å². The van der Waals surface area contributed by atoms with Gasteiger partial charge in [0.1, 0.15) is 23.0 Å². The lowest BCUT2D eigenvalue weighted by molar-refractivity contribution is 0.246. The molecule has 2 N–H and O–H groups in total. The summed E-state index contributed by atoms with van der Waals surface area (Å²) in [5, 5.41) is 38.8. The smallest absolute Gasteiger partial charge is 0.147 e. The van der Waals surface area contributed by atoms with Crippen molar-refractivity contribution in [3.05, 3.63) is 154 Å². The van der Waals surface area contributed by atoms with E-state index in [1.54, 1.807) is 0 Å². The van der Waals surface area contributed by atoms with Crippen LogP contribution < -0.4 is 30.2 Å². The van der Waals surface area contributed by atoms with Gasteiger partial charge in [0, 0.05) is 50.2 Å². The lowest BCUT2D eigenvalue weighted by Gasteiger charge is -2.36. The molecule has 2 aromatic heterocycles. The van der Waals surface area contributed by atoms with Crippen LogP contribution in [0.1, 0.15) is 257 Å². The van der Waals surface area contributed by atoms with E-state index >= 15 is 0 Å². The van der Waals surface area contributed by atoms with Crippen LogP contribution in [0.3, 0.4) is 0 Å². The number of aromatic hydroxyl groups is 2. The van der Waals surface area contributed by atoms with Crippen LogP contribution in [0.25, 0.3) is 77.2 Å². The van der Waals surface area contributed by atoms with Crippen LogP contribution in [-0.4, -0.2) is 64.9 Å². The van der Waals surface area contributed by atoms with Crippen LogP contribution in [0, 0.1) is 24.7 Å². The van der Waals surface area contributed by atoms with E-state index in [0.717, 1.165) is 119 Å².